The quantitative estimate of drug-likeness (QED) is 0.630. The Kier molecular flexibility index (Phi) is 3.66. The van der Waals surface area contributed by atoms with Gasteiger partial charge in [0.2, 0.25) is 11.8 Å². The summed E-state index contributed by atoms with van der Waals surface area (Å²) in [6, 6.07) is 6.58. The van der Waals surface area contributed by atoms with E-state index in [2.05, 4.69) is 0 Å². The van der Waals surface area contributed by atoms with Gasteiger partial charge in [-0.1, -0.05) is 6.92 Å². The molecule has 1 aliphatic heterocycles. The summed E-state index contributed by atoms with van der Waals surface area (Å²) in [5.74, 6) is 0.0276. The number of esters is 1. The molecule has 4 atom stereocenters. The van der Waals surface area contributed by atoms with Crippen LogP contribution in [0.25, 0.3) is 0 Å². The molecular weight excluding hydrogens is 306 g/mol. The van der Waals surface area contributed by atoms with Crippen LogP contribution >= 0.6 is 0 Å². The van der Waals surface area contributed by atoms with Gasteiger partial charge in [-0.3, -0.25) is 14.5 Å². The van der Waals surface area contributed by atoms with Crippen molar-refractivity contribution in [2.24, 2.45) is 23.7 Å². The van der Waals surface area contributed by atoms with E-state index < -0.39 is 0 Å². The van der Waals surface area contributed by atoms with Gasteiger partial charge in [0.1, 0.15) is 0 Å². The summed E-state index contributed by atoms with van der Waals surface area (Å²) in [7, 11) is 0. The molecule has 0 unspecified atom stereocenters. The van der Waals surface area contributed by atoms with E-state index in [1.54, 1.807) is 24.3 Å². The summed E-state index contributed by atoms with van der Waals surface area (Å²) in [5.41, 5.74) is 0.998. The van der Waals surface area contributed by atoms with Crippen LogP contribution in [0.2, 0.25) is 0 Å². The second-order valence-electron chi connectivity index (χ2n) is 7.08. The molecule has 0 aromatic heterocycles. The Morgan fingerprint density at radius 2 is 1.67 bits per heavy atom. The normalized spacial score (nSPS) is 30.8. The average Bonchev–Trinajstić information content (AvgIpc) is 3.27. The van der Waals surface area contributed by atoms with Crippen molar-refractivity contribution in [1.29, 1.82) is 0 Å². The first-order chi connectivity index (χ1) is 11.6. The number of carbonyl (C=O) groups excluding carboxylic acids is 3. The molecule has 3 fully saturated rings. The van der Waals surface area contributed by atoms with E-state index in [1.165, 1.54) is 4.90 Å². The lowest BCUT2D eigenvalue weighted by Crippen LogP contribution is -2.32. The van der Waals surface area contributed by atoms with Crippen molar-refractivity contribution >= 4 is 23.5 Å². The van der Waals surface area contributed by atoms with Gasteiger partial charge in [0, 0.05) is 0 Å². The standard InChI is InChI=1S/C19H21NO4/c1-2-9-24-19(23)11-5-7-14(8-6-11)20-17(21)15-12-3-4-13(10-12)16(15)18(20)22/h5-8,12-13,15-16H,2-4,9-10H2,1H3/t12-,13-,15-,16+/m0/s1. The number of benzene rings is 1. The maximum atomic E-state index is 12.8. The molecule has 0 N–H and O–H groups in total. The third-order valence-electron chi connectivity index (χ3n) is 5.73. The van der Waals surface area contributed by atoms with Gasteiger partial charge in [-0.25, -0.2) is 4.79 Å². The summed E-state index contributed by atoms with van der Waals surface area (Å²) < 4.78 is 5.10. The molecule has 1 saturated heterocycles. The number of carbonyl (C=O) groups is 3. The van der Waals surface area contributed by atoms with E-state index in [-0.39, 0.29) is 29.6 Å². The highest BCUT2D eigenvalue weighted by Gasteiger charge is 2.61. The topological polar surface area (TPSA) is 63.7 Å². The Labute approximate surface area is 141 Å². The molecule has 2 bridgehead atoms. The Bertz CT molecular complexity index is 668. The molecule has 3 aliphatic rings. The average molecular weight is 327 g/mol. The molecule has 126 valence electrons. The van der Waals surface area contributed by atoms with E-state index in [0.717, 1.165) is 25.7 Å². The predicted octanol–water partition coefficient (Wildman–Crippen LogP) is 2.79. The van der Waals surface area contributed by atoms with Gasteiger partial charge in [-0.2, -0.15) is 0 Å². The predicted molar refractivity (Wildman–Crippen MR) is 87.3 cm³/mol. The van der Waals surface area contributed by atoms with Crippen LogP contribution in [-0.4, -0.2) is 24.4 Å². The fraction of sp³-hybridized carbons (Fsp3) is 0.526. The second kappa shape index (κ2) is 5.72. The Morgan fingerprint density at radius 1 is 1.08 bits per heavy atom. The largest absolute Gasteiger partial charge is 0.462 e. The lowest BCUT2D eigenvalue weighted by Gasteiger charge is -2.19. The van der Waals surface area contributed by atoms with Crippen LogP contribution < -0.4 is 4.90 Å². The second-order valence-corrected chi connectivity index (χ2v) is 7.08. The van der Waals surface area contributed by atoms with E-state index in [0.29, 0.717) is 29.7 Å². The van der Waals surface area contributed by atoms with Gasteiger partial charge in [-0.15, -0.1) is 0 Å². The van der Waals surface area contributed by atoms with E-state index in [1.807, 2.05) is 6.92 Å². The lowest BCUT2D eigenvalue weighted by atomic mass is 9.81. The zero-order valence-electron chi connectivity index (χ0n) is 13.7. The first-order valence-electron chi connectivity index (χ1n) is 8.76. The molecule has 1 aromatic carbocycles. The number of imide groups is 1. The summed E-state index contributed by atoms with van der Waals surface area (Å²) in [4.78, 5) is 38.7. The highest BCUT2D eigenvalue weighted by molar-refractivity contribution is 6.22. The van der Waals surface area contributed by atoms with Gasteiger partial charge in [0.15, 0.2) is 0 Å². The number of fused-ring (bicyclic) bond motifs is 5. The van der Waals surface area contributed by atoms with Crippen LogP contribution in [0.4, 0.5) is 5.69 Å². The van der Waals surface area contributed by atoms with Crippen molar-refractivity contribution in [1.82, 2.24) is 0 Å². The van der Waals surface area contributed by atoms with Crippen LogP contribution in [0.5, 0.6) is 0 Å². The minimum absolute atomic E-state index is 0.0569. The smallest absolute Gasteiger partial charge is 0.338 e. The van der Waals surface area contributed by atoms with Gasteiger partial charge in [0.05, 0.1) is 29.7 Å². The van der Waals surface area contributed by atoms with E-state index >= 15 is 0 Å². The third kappa shape index (κ3) is 2.18. The summed E-state index contributed by atoms with van der Waals surface area (Å²) in [6.07, 6.45) is 3.94. The molecule has 5 nitrogen and oxygen atoms in total. The van der Waals surface area contributed by atoms with Crippen LogP contribution in [0.1, 0.15) is 43.0 Å². The Morgan fingerprint density at radius 3 is 2.21 bits per heavy atom. The first-order valence-corrected chi connectivity index (χ1v) is 8.76. The van der Waals surface area contributed by atoms with E-state index in [4.69, 9.17) is 4.74 Å². The number of amides is 2. The number of nitrogens with zero attached hydrogens (tertiary/aromatic N) is 1. The molecule has 5 heteroatoms. The molecular formula is C19H21NO4. The van der Waals surface area contributed by atoms with Crippen LogP contribution in [-0.2, 0) is 14.3 Å². The number of hydrogen-bond acceptors (Lipinski definition) is 4. The molecule has 0 radical (unpaired) electrons. The zero-order valence-corrected chi connectivity index (χ0v) is 13.7. The number of hydrogen-bond donors (Lipinski definition) is 0. The minimum atomic E-state index is -0.377. The molecule has 2 aliphatic carbocycles. The minimum Gasteiger partial charge on any atom is -0.462 e. The molecule has 2 amide bonds. The number of ether oxygens (including phenoxy) is 1. The fourth-order valence-corrected chi connectivity index (χ4v) is 4.69. The van der Waals surface area contributed by atoms with Gasteiger partial charge >= 0.3 is 5.97 Å². The highest BCUT2D eigenvalue weighted by Crippen LogP contribution is 2.56. The molecule has 1 aromatic rings. The Hall–Kier alpha value is -2.17. The van der Waals surface area contributed by atoms with Gasteiger partial charge in [0.25, 0.3) is 0 Å². The van der Waals surface area contributed by atoms with Crippen LogP contribution in [0.15, 0.2) is 24.3 Å². The Balaban J connectivity index is 1.55. The lowest BCUT2D eigenvalue weighted by molar-refractivity contribution is -0.123. The van der Waals surface area contributed by atoms with Crippen molar-refractivity contribution in [3.8, 4) is 0 Å². The SMILES string of the molecule is CCCOC(=O)c1ccc(N2C(=O)[C@@H]3[C@H]4CC[C@@H](C4)[C@@H]3C2=O)cc1. The summed E-state index contributed by atoms with van der Waals surface area (Å²) >= 11 is 0. The van der Waals surface area contributed by atoms with Crippen LogP contribution in [0.3, 0.4) is 0 Å². The summed E-state index contributed by atoms with van der Waals surface area (Å²) in [5, 5.41) is 0. The van der Waals surface area contributed by atoms with Gasteiger partial charge in [-0.05, 0) is 61.8 Å². The molecule has 24 heavy (non-hydrogen) atoms. The van der Waals surface area contributed by atoms with Crippen molar-refractivity contribution in [2.75, 3.05) is 11.5 Å². The molecule has 2 saturated carbocycles. The van der Waals surface area contributed by atoms with Crippen molar-refractivity contribution < 1.29 is 19.1 Å². The first kappa shape index (κ1) is 15.4. The number of rotatable bonds is 4. The van der Waals surface area contributed by atoms with Crippen molar-refractivity contribution in [3.63, 3.8) is 0 Å². The third-order valence-corrected chi connectivity index (χ3v) is 5.73. The van der Waals surface area contributed by atoms with Gasteiger partial charge < -0.3 is 4.74 Å². The van der Waals surface area contributed by atoms with Crippen molar-refractivity contribution in [2.45, 2.75) is 32.6 Å². The molecule has 1 heterocycles. The monoisotopic (exact) mass is 327 g/mol. The van der Waals surface area contributed by atoms with Crippen LogP contribution in [0, 0.1) is 23.7 Å². The summed E-state index contributed by atoms with van der Waals surface area (Å²) in [6.45, 7) is 2.32. The maximum absolute atomic E-state index is 12.8. The number of anilines is 1. The van der Waals surface area contributed by atoms with Crippen molar-refractivity contribution in [3.05, 3.63) is 29.8 Å². The molecule has 4 rings (SSSR count). The maximum Gasteiger partial charge on any atom is 0.338 e. The molecule has 0 spiro atoms. The fourth-order valence-electron chi connectivity index (χ4n) is 4.69. The highest BCUT2D eigenvalue weighted by atomic mass is 16.5. The van der Waals surface area contributed by atoms with E-state index in [9.17, 15) is 14.4 Å². The zero-order chi connectivity index (χ0) is 16.8.